The molecule has 0 heterocycles. The summed E-state index contributed by atoms with van der Waals surface area (Å²) in [5.41, 5.74) is 5.70. The first-order valence-electron chi connectivity index (χ1n) is 6.80. The molecule has 0 spiro atoms. The summed E-state index contributed by atoms with van der Waals surface area (Å²) in [6, 6.07) is -0.0795. The van der Waals surface area contributed by atoms with Crippen LogP contribution in [0.25, 0.3) is 0 Å². The second-order valence-corrected chi connectivity index (χ2v) is 7.70. The highest BCUT2D eigenvalue weighted by Crippen LogP contribution is 2.26. The van der Waals surface area contributed by atoms with Gasteiger partial charge in [0, 0.05) is 24.3 Å². The fourth-order valence-corrected chi connectivity index (χ4v) is 3.76. The summed E-state index contributed by atoms with van der Waals surface area (Å²) in [5.74, 6) is -0.953. The Morgan fingerprint density at radius 2 is 1.90 bits per heavy atom. The third-order valence-corrected chi connectivity index (χ3v) is 5.07. The van der Waals surface area contributed by atoms with E-state index < -0.39 is 5.97 Å². The number of hydrogen-bond acceptors (Lipinski definition) is 6. The van der Waals surface area contributed by atoms with Gasteiger partial charge in [-0.3, -0.25) is 9.59 Å². The average molecular weight is 322 g/mol. The molecule has 4 N–H and O–H groups in total. The number of carboxylic acid groups (broad SMARTS) is 1. The molecular weight excluding hydrogens is 296 g/mol. The lowest BCUT2D eigenvalue weighted by atomic mass is 10.0. The molecule has 2 atom stereocenters. The smallest absolute Gasteiger partial charge is 0.303 e. The lowest BCUT2D eigenvalue weighted by Gasteiger charge is -2.22. The van der Waals surface area contributed by atoms with E-state index in [0.717, 1.165) is 6.42 Å². The Labute approximate surface area is 129 Å². The summed E-state index contributed by atoms with van der Waals surface area (Å²) in [4.78, 5) is 22.6. The van der Waals surface area contributed by atoms with Crippen LogP contribution in [0.1, 0.15) is 39.5 Å². The number of rotatable bonds is 12. The zero-order valence-corrected chi connectivity index (χ0v) is 14.1. The van der Waals surface area contributed by atoms with Crippen molar-refractivity contribution in [1.82, 2.24) is 5.32 Å². The van der Waals surface area contributed by atoms with Crippen LogP contribution < -0.4 is 11.1 Å². The zero-order valence-electron chi connectivity index (χ0n) is 12.4. The zero-order chi connectivity index (χ0) is 15.5. The minimum Gasteiger partial charge on any atom is -0.481 e. The number of hydrogen-bond donors (Lipinski definition) is 3. The van der Waals surface area contributed by atoms with E-state index in [2.05, 4.69) is 5.32 Å². The molecule has 0 aliphatic carbocycles. The fourth-order valence-electron chi connectivity index (χ4n) is 1.84. The summed E-state index contributed by atoms with van der Waals surface area (Å²) in [6.07, 6.45) is 3.55. The second kappa shape index (κ2) is 11.4. The molecule has 0 aromatic heterocycles. The van der Waals surface area contributed by atoms with Crippen molar-refractivity contribution in [1.29, 1.82) is 0 Å². The van der Waals surface area contributed by atoms with Crippen LogP contribution in [0, 0.1) is 0 Å². The van der Waals surface area contributed by atoms with Gasteiger partial charge in [-0.15, -0.1) is 0 Å². The number of Topliss-reactive ketones (excluding diaryl/α,β-unsaturated/α-hetero) is 1. The van der Waals surface area contributed by atoms with Crippen molar-refractivity contribution >= 4 is 33.3 Å². The molecule has 0 bridgehead atoms. The van der Waals surface area contributed by atoms with Crippen molar-refractivity contribution in [2.75, 3.05) is 12.8 Å². The van der Waals surface area contributed by atoms with Crippen molar-refractivity contribution in [3.8, 4) is 0 Å². The highest BCUT2D eigenvalue weighted by molar-refractivity contribution is 8.76. The minimum atomic E-state index is -0.931. The van der Waals surface area contributed by atoms with E-state index >= 15 is 0 Å². The Balaban J connectivity index is 4.39. The Morgan fingerprint density at radius 1 is 1.25 bits per heavy atom. The van der Waals surface area contributed by atoms with E-state index in [1.54, 1.807) is 21.6 Å². The normalized spacial score (nSPS) is 14.2. The lowest BCUT2D eigenvalue weighted by molar-refractivity contribution is -0.138. The van der Waals surface area contributed by atoms with Crippen LogP contribution in [0.5, 0.6) is 0 Å². The van der Waals surface area contributed by atoms with Crippen LogP contribution in [0.2, 0.25) is 0 Å². The number of carbonyl (C=O) groups excluding carboxylic acids is 1. The van der Waals surface area contributed by atoms with Crippen LogP contribution in [0.4, 0.5) is 0 Å². The quantitative estimate of drug-likeness (QED) is 0.473. The molecule has 0 radical (unpaired) electrons. The minimum absolute atomic E-state index is 0.0222. The fraction of sp³-hybridized carbons (Fsp3) is 0.846. The summed E-state index contributed by atoms with van der Waals surface area (Å²) < 4.78 is 0. The first-order valence-corrected chi connectivity index (χ1v) is 9.42. The van der Waals surface area contributed by atoms with Gasteiger partial charge in [0.1, 0.15) is 5.78 Å². The highest BCUT2D eigenvalue weighted by Gasteiger charge is 2.21. The van der Waals surface area contributed by atoms with Gasteiger partial charge in [-0.1, -0.05) is 35.4 Å². The molecule has 0 saturated carbocycles. The molecule has 0 saturated heterocycles. The summed E-state index contributed by atoms with van der Waals surface area (Å²) >= 11 is 0. The Morgan fingerprint density at radius 3 is 2.35 bits per heavy atom. The van der Waals surface area contributed by atoms with Crippen LogP contribution in [0.15, 0.2) is 0 Å². The molecule has 0 aromatic rings. The third kappa shape index (κ3) is 9.63. The molecule has 0 rings (SSSR count). The van der Waals surface area contributed by atoms with Crippen molar-refractivity contribution in [2.24, 2.45) is 5.73 Å². The van der Waals surface area contributed by atoms with E-state index in [4.69, 9.17) is 10.8 Å². The van der Waals surface area contributed by atoms with Crippen molar-refractivity contribution in [3.63, 3.8) is 0 Å². The van der Waals surface area contributed by atoms with E-state index in [1.165, 1.54) is 0 Å². The van der Waals surface area contributed by atoms with Crippen LogP contribution in [-0.4, -0.2) is 47.0 Å². The summed E-state index contributed by atoms with van der Waals surface area (Å²) in [7, 11) is 3.40. The van der Waals surface area contributed by atoms with E-state index in [9.17, 15) is 9.59 Å². The SMILES string of the molecule is CSS[C@H](CN)CC[C@H](NC(C)C)C(=O)CCC(=O)O. The monoisotopic (exact) mass is 322 g/mol. The predicted molar refractivity (Wildman–Crippen MR) is 87.1 cm³/mol. The van der Waals surface area contributed by atoms with Gasteiger partial charge in [0.15, 0.2) is 0 Å². The number of ketones is 1. The van der Waals surface area contributed by atoms with Gasteiger partial charge in [-0.2, -0.15) is 0 Å². The maximum atomic E-state index is 12.1. The number of aliphatic carboxylic acids is 1. The summed E-state index contributed by atoms with van der Waals surface area (Å²) in [6.45, 7) is 4.55. The Kier molecular flexibility index (Phi) is 11.3. The molecular formula is C13H26N2O3S2. The topological polar surface area (TPSA) is 92.4 Å². The van der Waals surface area contributed by atoms with Crippen molar-refractivity contribution < 1.29 is 14.7 Å². The van der Waals surface area contributed by atoms with E-state index in [1.807, 2.05) is 20.1 Å². The highest BCUT2D eigenvalue weighted by atomic mass is 33.1. The molecule has 5 nitrogen and oxygen atoms in total. The Bertz CT molecular complexity index is 301. The van der Waals surface area contributed by atoms with Gasteiger partial charge in [0.25, 0.3) is 0 Å². The standard InChI is InChI=1S/C13H26N2O3S2/c1-9(2)15-11(12(16)6-7-13(17)18)5-4-10(8-14)20-19-3/h9-11,15H,4-8,14H2,1-3H3,(H,17,18)/t10-,11-/m0/s1. The van der Waals surface area contributed by atoms with Crippen LogP contribution >= 0.6 is 21.6 Å². The molecule has 0 amide bonds. The summed E-state index contributed by atoms with van der Waals surface area (Å²) in [5, 5.41) is 12.2. The predicted octanol–water partition coefficient (Wildman–Crippen LogP) is 1.91. The molecule has 0 aromatic carbocycles. The third-order valence-electron chi connectivity index (χ3n) is 2.78. The second-order valence-electron chi connectivity index (χ2n) is 4.93. The molecule has 7 heteroatoms. The molecule has 0 aliphatic rings. The maximum Gasteiger partial charge on any atom is 0.303 e. The number of carboxylic acids is 1. The molecule has 0 aliphatic heterocycles. The largest absolute Gasteiger partial charge is 0.481 e. The van der Waals surface area contributed by atoms with Crippen LogP contribution in [-0.2, 0) is 9.59 Å². The van der Waals surface area contributed by atoms with E-state index in [0.29, 0.717) is 18.2 Å². The van der Waals surface area contributed by atoms with Crippen molar-refractivity contribution in [3.05, 3.63) is 0 Å². The van der Waals surface area contributed by atoms with Gasteiger partial charge in [-0.05, 0) is 19.1 Å². The average Bonchev–Trinajstić information content (AvgIpc) is 2.38. The molecule has 118 valence electrons. The lowest BCUT2D eigenvalue weighted by Crippen LogP contribution is -2.41. The number of carbonyl (C=O) groups is 2. The van der Waals surface area contributed by atoms with Gasteiger partial charge in [0.05, 0.1) is 12.5 Å². The molecule has 20 heavy (non-hydrogen) atoms. The molecule has 0 unspecified atom stereocenters. The Hall–Kier alpha value is -0.240. The number of nitrogens with one attached hydrogen (secondary N) is 1. The van der Waals surface area contributed by atoms with E-state index in [-0.39, 0.29) is 30.7 Å². The van der Waals surface area contributed by atoms with Gasteiger partial charge >= 0.3 is 5.97 Å². The van der Waals surface area contributed by atoms with Gasteiger partial charge in [-0.25, -0.2) is 0 Å². The number of nitrogens with two attached hydrogens (primary N) is 1. The first-order chi connectivity index (χ1) is 9.40. The van der Waals surface area contributed by atoms with Crippen LogP contribution in [0.3, 0.4) is 0 Å². The first kappa shape index (κ1) is 19.8. The molecule has 0 fully saturated rings. The van der Waals surface area contributed by atoms with Gasteiger partial charge < -0.3 is 16.2 Å². The van der Waals surface area contributed by atoms with Gasteiger partial charge in [0.2, 0.25) is 0 Å². The van der Waals surface area contributed by atoms with Crippen molar-refractivity contribution in [2.45, 2.75) is 56.9 Å². The maximum absolute atomic E-state index is 12.1.